The molecular formula is C19H22N2O3. The number of hydrogen-bond acceptors (Lipinski definition) is 4. The number of hydrogen-bond donors (Lipinski definition) is 0. The Labute approximate surface area is 141 Å². The molecule has 1 aliphatic heterocycles. The van der Waals surface area contributed by atoms with Gasteiger partial charge in [0.1, 0.15) is 5.76 Å². The standard InChI is InChI=1S/C19H22N2O3/c1-13-2-5-18(24-13)19(22)21-7-6-17-15(10-21)8-20-9-16(17)12-23-11-14-3-4-14/h2,5,8-9,14H,3-4,6-7,10-12H2,1H3. The summed E-state index contributed by atoms with van der Waals surface area (Å²) in [5.41, 5.74) is 3.57. The lowest BCUT2D eigenvalue weighted by atomic mass is 9.97. The molecule has 3 heterocycles. The third kappa shape index (κ3) is 3.22. The predicted molar refractivity (Wildman–Crippen MR) is 88.5 cm³/mol. The lowest BCUT2D eigenvalue weighted by molar-refractivity contribution is 0.0698. The monoisotopic (exact) mass is 326 g/mol. The van der Waals surface area contributed by atoms with Gasteiger partial charge >= 0.3 is 0 Å². The molecule has 2 aromatic rings. The third-order valence-corrected chi connectivity index (χ3v) is 4.78. The molecule has 0 saturated heterocycles. The maximum Gasteiger partial charge on any atom is 0.289 e. The molecule has 1 aliphatic carbocycles. The van der Waals surface area contributed by atoms with Crippen LogP contribution >= 0.6 is 0 Å². The molecule has 0 N–H and O–H groups in total. The van der Waals surface area contributed by atoms with Crippen LogP contribution in [0, 0.1) is 12.8 Å². The first-order chi connectivity index (χ1) is 11.7. The van der Waals surface area contributed by atoms with Crippen molar-refractivity contribution in [2.24, 2.45) is 5.92 Å². The summed E-state index contributed by atoms with van der Waals surface area (Å²) < 4.78 is 11.3. The van der Waals surface area contributed by atoms with E-state index in [1.54, 1.807) is 6.07 Å². The quantitative estimate of drug-likeness (QED) is 0.847. The molecule has 5 heteroatoms. The second-order valence-corrected chi connectivity index (χ2v) is 6.78. The molecule has 0 aromatic carbocycles. The van der Waals surface area contributed by atoms with Crippen LogP contribution in [0.3, 0.4) is 0 Å². The summed E-state index contributed by atoms with van der Waals surface area (Å²) in [4.78, 5) is 18.7. The number of rotatable bonds is 5. The SMILES string of the molecule is Cc1ccc(C(=O)N2CCc3c(COCC4CC4)cncc3C2)o1. The van der Waals surface area contributed by atoms with Gasteiger partial charge in [-0.2, -0.15) is 0 Å². The smallest absolute Gasteiger partial charge is 0.289 e. The van der Waals surface area contributed by atoms with Gasteiger partial charge in [-0.25, -0.2) is 0 Å². The number of furan rings is 1. The fraction of sp³-hybridized carbons (Fsp3) is 0.474. The number of carbonyl (C=O) groups is 1. The van der Waals surface area contributed by atoms with Gasteiger partial charge in [-0.3, -0.25) is 9.78 Å². The average molecular weight is 326 g/mol. The molecule has 0 spiro atoms. The van der Waals surface area contributed by atoms with Crippen LogP contribution in [-0.4, -0.2) is 28.9 Å². The van der Waals surface area contributed by atoms with Crippen molar-refractivity contribution >= 4 is 5.91 Å². The van der Waals surface area contributed by atoms with Gasteiger partial charge in [0.05, 0.1) is 6.61 Å². The summed E-state index contributed by atoms with van der Waals surface area (Å²) in [5.74, 6) is 1.88. The molecule has 1 amide bonds. The van der Waals surface area contributed by atoms with E-state index in [1.165, 1.54) is 18.4 Å². The number of amides is 1. The first-order valence-electron chi connectivity index (χ1n) is 8.59. The van der Waals surface area contributed by atoms with Gasteiger partial charge in [0.2, 0.25) is 0 Å². The molecule has 4 rings (SSSR count). The fourth-order valence-corrected chi connectivity index (χ4v) is 3.19. The van der Waals surface area contributed by atoms with Crippen LogP contribution in [0.1, 0.15) is 45.8 Å². The van der Waals surface area contributed by atoms with Crippen molar-refractivity contribution in [3.8, 4) is 0 Å². The zero-order valence-electron chi connectivity index (χ0n) is 14.0. The van der Waals surface area contributed by atoms with Crippen LogP contribution in [0.4, 0.5) is 0 Å². The molecular weight excluding hydrogens is 304 g/mol. The fourth-order valence-electron chi connectivity index (χ4n) is 3.19. The maximum atomic E-state index is 12.5. The minimum Gasteiger partial charge on any atom is -0.456 e. The van der Waals surface area contributed by atoms with Crippen molar-refractivity contribution in [2.45, 2.75) is 39.3 Å². The van der Waals surface area contributed by atoms with Gasteiger partial charge in [-0.1, -0.05) is 0 Å². The minimum absolute atomic E-state index is 0.0517. The minimum atomic E-state index is -0.0517. The molecule has 24 heavy (non-hydrogen) atoms. The number of aryl methyl sites for hydroxylation is 1. The summed E-state index contributed by atoms with van der Waals surface area (Å²) in [5, 5.41) is 0. The zero-order chi connectivity index (χ0) is 16.5. The van der Waals surface area contributed by atoms with E-state index in [-0.39, 0.29) is 5.91 Å². The molecule has 1 saturated carbocycles. The highest BCUT2D eigenvalue weighted by atomic mass is 16.5. The Bertz CT molecular complexity index is 749. The van der Waals surface area contributed by atoms with E-state index in [0.29, 0.717) is 25.5 Å². The Morgan fingerprint density at radius 1 is 1.38 bits per heavy atom. The lowest BCUT2D eigenvalue weighted by Crippen LogP contribution is -2.36. The van der Waals surface area contributed by atoms with Gasteiger partial charge in [0.15, 0.2) is 5.76 Å². The number of carbonyl (C=O) groups excluding carboxylic acids is 1. The third-order valence-electron chi connectivity index (χ3n) is 4.78. The van der Waals surface area contributed by atoms with Crippen LogP contribution in [-0.2, 0) is 24.3 Å². The molecule has 2 aliphatic rings. The van der Waals surface area contributed by atoms with Crippen molar-refractivity contribution in [1.29, 1.82) is 0 Å². The van der Waals surface area contributed by atoms with Crippen LogP contribution in [0.5, 0.6) is 0 Å². The highest BCUT2D eigenvalue weighted by Crippen LogP contribution is 2.29. The largest absolute Gasteiger partial charge is 0.456 e. The molecule has 2 aromatic heterocycles. The topological polar surface area (TPSA) is 55.6 Å². The van der Waals surface area contributed by atoms with E-state index >= 15 is 0 Å². The van der Waals surface area contributed by atoms with Gasteiger partial charge in [-0.05, 0) is 60.9 Å². The molecule has 0 radical (unpaired) electrons. The Kier molecular flexibility index (Phi) is 4.10. The Morgan fingerprint density at radius 3 is 3.00 bits per heavy atom. The van der Waals surface area contributed by atoms with Crippen molar-refractivity contribution in [3.63, 3.8) is 0 Å². The average Bonchev–Trinajstić information content (AvgIpc) is 3.32. The Balaban J connectivity index is 1.45. The van der Waals surface area contributed by atoms with E-state index in [0.717, 1.165) is 35.8 Å². The predicted octanol–water partition coefficient (Wildman–Crippen LogP) is 3.11. The molecule has 0 atom stereocenters. The number of nitrogens with zero attached hydrogens (tertiary/aromatic N) is 2. The first kappa shape index (κ1) is 15.4. The molecule has 5 nitrogen and oxygen atoms in total. The highest BCUT2D eigenvalue weighted by Gasteiger charge is 2.26. The number of ether oxygens (including phenoxy) is 1. The highest BCUT2D eigenvalue weighted by molar-refractivity contribution is 5.91. The maximum absolute atomic E-state index is 12.5. The molecule has 0 unspecified atom stereocenters. The van der Waals surface area contributed by atoms with Crippen molar-refractivity contribution in [1.82, 2.24) is 9.88 Å². The molecule has 0 bridgehead atoms. The van der Waals surface area contributed by atoms with Gasteiger partial charge in [0, 0.05) is 32.1 Å². The van der Waals surface area contributed by atoms with Gasteiger partial charge < -0.3 is 14.1 Å². The Morgan fingerprint density at radius 2 is 2.25 bits per heavy atom. The van der Waals surface area contributed by atoms with E-state index in [1.807, 2.05) is 30.3 Å². The second-order valence-electron chi connectivity index (χ2n) is 6.78. The van der Waals surface area contributed by atoms with E-state index in [4.69, 9.17) is 9.15 Å². The van der Waals surface area contributed by atoms with E-state index < -0.39 is 0 Å². The number of aromatic nitrogens is 1. The van der Waals surface area contributed by atoms with Crippen LogP contribution in [0.25, 0.3) is 0 Å². The summed E-state index contributed by atoms with van der Waals surface area (Å²) >= 11 is 0. The molecule has 1 fully saturated rings. The number of fused-ring (bicyclic) bond motifs is 1. The van der Waals surface area contributed by atoms with Crippen molar-refractivity contribution < 1.29 is 13.9 Å². The van der Waals surface area contributed by atoms with Crippen molar-refractivity contribution in [3.05, 3.63) is 52.7 Å². The summed E-state index contributed by atoms with van der Waals surface area (Å²) in [6.07, 6.45) is 7.21. The Hall–Kier alpha value is -2.14. The summed E-state index contributed by atoms with van der Waals surface area (Å²) in [7, 11) is 0. The van der Waals surface area contributed by atoms with Crippen molar-refractivity contribution in [2.75, 3.05) is 13.2 Å². The zero-order valence-corrected chi connectivity index (χ0v) is 14.0. The summed E-state index contributed by atoms with van der Waals surface area (Å²) in [6.45, 7) is 4.60. The van der Waals surface area contributed by atoms with Crippen LogP contribution in [0.2, 0.25) is 0 Å². The second kappa shape index (κ2) is 6.40. The van der Waals surface area contributed by atoms with Gasteiger partial charge in [0.25, 0.3) is 5.91 Å². The lowest BCUT2D eigenvalue weighted by Gasteiger charge is -2.29. The van der Waals surface area contributed by atoms with Crippen LogP contribution < -0.4 is 0 Å². The normalized spacial score (nSPS) is 17.0. The number of pyridine rings is 1. The van der Waals surface area contributed by atoms with E-state index in [9.17, 15) is 4.79 Å². The first-order valence-corrected chi connectivity index (χ1v) is 8.59. The van der Waals surface area contributed by atoms with Gasteiger partial charge in [-0.15, -0.1) is 0 Å². The van der Waals surface area contributed by atoms with Crippen LogP contribution in [0.15, 0.2) is 28.9 Å². The molecule has 126 valence electrons. The summed E-state index contributed by atoms with van der Waals surface area (Å²) in [6, 6.07) is 3.57. The van der Waals surface area contributed by atoms with E-state index in [2.05, 4.69) is 4.98 Å².